The largest absolute Gasteiger partial charge is 0.394 e. The minimum atomic E-state index is -1.79. The minimum Gasteiger partial charge on any atom is -0.394 e. The molecule has 0 saturated carbocycles. The molecule has 442 valence electrons. The highest BCUT2D eigenvalue weighted by atomic mass is 16.7. The Hall–Kier alpha value is -1.53. The molecule has 2 rings (SSSR count). The van der Waals surface area contributed by atoms with E-state index in [-0.39, 0.29) is 18.9 Å². The van der Waals surface area contributed by atoms with Gasteiger partial charge in [-0.25, -0.2) is 0 Å². The maximum Gasteiger partial charge on any atom is 0.220 e. The standard InChI is InChI=1S/C61H115NO13/c1-3-5-7-9-11-13-15-17-19-21-22-23-24-25-26-27-29-30-32-34-36-38-40-42-44-50(65)49(62-53(66)45-43-41-39-37-35-33-31-28-20-18-16-14-12-10-8-6-4-2)48-72-60-58(71)56(69)59(52(47-64)74-60)75-61-57(70)55(68)54(67)51(46-63)73-61/h34,36,42,44,49-52,54-61,63-65,67-71H,3-33,35,37-41,43,45-48H2,1-2H3,(H,62,66)/b36-34+,44-42+. The summed E-state index contributed by atoms with van der Waals surface area (Å²) in [6, 6.07) is -0.928. The van der Waals surface area contributed by atoms with Gasteiger partial charge in [0.1, 0.15) is 48.8 Å². The zero-order valence-corrected chi connectivity index (χ0v) is 47.6. The molecule has 0 bridgehead atoms. The van der Waals surface area contributed by atoms with Gasteiger partial charge in [-0.15, -0.1) is 0 Å². The molecule has 75 heavy (non-hydrogen) atoms. The van der Waals surface area contributed by atoms with Crippen LogP contribution < -0.4 is 5.32 Å². The van der Waals surface area contributed by atoms with E-state index in [1.54, 1.807) is 6.08 Å². The van der Waals surface area contributed by atoms with Gasteiger partial charge < -0.3 is 65.1 Å². The van der Waals surface area contributed by atoms with Gasteiger partial charge in [0.15, 0.2) is 12.6 Å². The van der Waals surface area contributed by atoms with E-state index >= 15 is 0 Å². The van der Waals surface area contributed by atoms with Crippen LogP contribution in [-0.2, 0) is 23.7 Å². The van der Waals surface area contributed by atoms with E-state index in [2.05, 4.69) is 31.3 Å². The molecule has 12 unspecified atom stereocenters. The van der Waals surface area contributed by atoms with Gasteiger partial charge in [-0.3, -0.25) is 4.79 Å². The van der Waals surface area contributed by atoms with Crippen molar-refractivity contribution in [3.05, 3.63) is 24.3 Å². The average molecular weight is 1070 g/mol. The van der Waals surface area contributed by atoms with E-state index in [1.807, 2.05) is 6.08 Å². The summed E-state index contributed by atoms with van der Waals surface area (Å²) in [5.74, 6) is -0.245. The molecule has 9 N–H and O–H groups in total. The number of carbonyl (C=O) groups excluding carboxylic acids is 1. The van der Waals surface area contributed by atoms with Crippen LogP contribution in [0, 0.1) is 0 Å². The first-order valence-electron chi connectivity index (χ1n) is 31.1. The monoisotopic (exact) mass is 1070 g/mol. The van der Waals surface area contributed by atoms with E-state index in [4.69, 9.17) is 18.9 Å². The van der Waals surface area contributed by atoms with Crippen molar-refractivity contribution < 1.29 is 64.6 Å². The van der Waals surface area contributed by atoms with Gasteiger partial charge >= 0.3 is 0 Å². The molecule has 2 aliphatic heterocycles. The number of carbonyl (C=O) groups is 1. The number of nitrogens with one attached hydrogen (secondary N) is 1. The number of ether oxygens (including phenoxy) is 4. The molecular weight excluding hydrogens is 955 g/mol. The Labute approximate surface area is 456 Å². The van der Waals surface area contributed by atoms with Crippen LogP contribution in [0.2, 0.25) is 0 Å². The van der Waals surface area contributed by atoms with Crippen molar-refractivity contribution in [1.29, 1.82) is 0 Å². The van der Waals surface area contributed by atoms with Crippen molar-refractivity contribution in [2.75, 3.05) is 19.8 Å². The lowest BCUT2D eigenvalue weighted by molar-refractivity contribution is -0.359. The second-order valence-electron chi connectivity index (χ2n) is 22.2. The van der Waals surface area contributed by atoms with Gasteiger partial charge in [0, 0.05) is 6.42 Å². The first-order chi connectivity index (χ1) is 36.6. The number of rotatable bonds is 50. The molecule has 0 radical (unpaired) electrons. The molecule has 0 aliphatic carbocycles. The van der Waals surface area contributed by atoms with Crippen molar-refractivity contribution in [3.63, 3.8) is 0 Å². The van der Waals surface area contributed by atoms with Crippen LogP contribution >= 0.6 is 0 Å². The molecule has 0 aromatic heterocycles. The van der Waals surface area contributed by atoms with E-state index in [9.17, 15) is 45.6 Å². The van der Waals surface area contributed by atoms with Gasteiger partial charge in [-0.05, 0) is 32.1 Å². The molecule has 2 aliphatic rings. The van der Waals surface area contributed by atoms with Crippen LogP contribution in [0.15, 0.2) is 24.3 Å². The fourth-order valence-corrected chi connectivity index (χ4v) is 10.4. The number of aliphatic hydroxyl groups excluding tert-OH is 8. The maximum atomic E-state index is 13.3. The second kappa shape index (κ2) is 47.3. The molecule has 14 heteroatoms. The summed E-state index contributed by atoms with van der Waals surface area (Å²) in [6.07, 6.45) is 39.4. The first-order valence-corrected chi connectivity index (χ1v) is 31.1. The molecule has 2 heterocycles. The average Bonchev–Trinajstić information content (AvgIpc) is 3.41. The lowest BCUT2D eigenvalue weighted by Crippen LogP contribution is -2.65. The predicted molar refractivity (Wildman–Crippen MR) is 300 cm³/mol. The smallest absolute Gasteiger partial charge is 0.220 e. The number of aliphatic hydroxyl groups is 8. The third-order valence-electron chi connectivity index (χ3n) is 15.4. The van der Waals surface area contributed by atoms with Crippen LogP contribution in [0.3, 0.4) is 0 Å². The quantitative estimate of drug-likeness (QED) is 0.0204. The topological polar surface area (TPSA) is 228 Å². The van der Waals surface area contributed by atoms with E-state index in [1.165, 1.54) is 199 Å². The summed E-state index contributed by atoms with van der Waals surface area (Å²) in [5, 5.41) is 87.1. The highest BCUT2D eigenvalue weighted by Crippen LogP contribution is 2.30. The molecule has 2 saturated heterocycles. The van der Waals surface area contributed by atoms with Gasteiger partial charge in [-0.1, -0.05) is 250 Å². The van der Waals surface area contributed by atoms with Gasteiger partial charge in [0.05, 0.1) is 32.0 Å². The number of amides is 1. The third kappa shape index (κ3) is 33.0. The molecule has 1 amide bonds. The summed E-state index contributed by atoms with van der Waals surface area (Å²) in [4.78, 5) is 13.3. The molecule has 2 fully saturated rings. The van der Waals surface area contributed by atoms with Crippen LogP contribution in [0.4, 0.5) is 0 Å². The summed E-state index contributed by atoms with van der Waals surface area (Å²) < 4.78 is 22.8. The fraction of sp³-hybridized carbons (Fsp3) is 0.918. The molecule has 14 nitrogen and oxygen atoms in total. The first kappa shape index (κ1) is 69.6. The Kier molecular flexibility index (Phi) is 43.9. The maximum absolute atomic E-state index is 13.3. The van der Waals surface area contributed by atoms with Crippen molar-refractivity contribution in [2.24, 2.45) is 0 Å². The van der Waals surface area contributed by atoms with Crippen LogP contribution in [0.25, 0.3) is 0 Å². The SMILES string of the molecule is CCCCCCCCCCCCCCCCCCCC/C=C/CC/C=C/C(O)C(COC1OC(CO)C(OC2OC(CO)C(O)C(O)C2O)C(O)C1O)NC(=O)CCCCCCCCCCCCCCCCCCC. The van der Waals surface area contributed by atoms with Gasteiger partial charge in [0.2, 0.25) is 5.91 Å². The molecule has 0 spiro atoms. The Balaban J connectivity index is 1.76. The predicted octanol–water partition coefficient (Wildman–Crippen LogP) is 10.8. The van der Waals surface area contributed by atoms with Crippen LogP contribution in [0.1, 0.15) is 264 Å². The molecule has 12 atom stereocenters. The number of allylic oxidation sites excluding steroid dienone is 3. The number of hydrogen-bond acceptors (Lipinski definition) is 13. The number of hydrogen-bond donors (Lipinski definition) is 9. The fourth-order valence-electron chi connectivity index (χ4n) is 10.4. The summed E-state index contributed by atoms with van der Waals surface area (Å²) in [6.45, 7) is 2.81. The normalized spacial score (nSPS) is 25.1. The van der Waals surface area contributed by atoms with Crippen molar-refractivity contribution >= 4 is 5.91 Å². The zero-order chi connectivity index (χ0) is 54.6. The Bertz CT molecular complexity index is 1350. The summed E-state index contributed by atoms with van der Waals surface area (Å²) in [5.41, 5.74) is 0. The molecule has 0 aromatic rings. The summed E-state index contributed by atoms with van der Waals surface area (Å²) >= 11 is 0. The number of unbranched alkanes of at least 4 members (excludes halogenated alkanes) is 35. The Morgan fingerprint density at radius 3 is 1.31 bits per heavy atom. The Morgan fingerprint density at radius 2 is 0.853 bits per heavy atom. The van der Waals surface area contributed by atoms with Crippen molar-refractivity contribution in [2.45, 2.75) is 338 Å². The third-order valence-corrected chi connectivity index (χ3v) is 15.4. The zero-order valence-electron chi connectivity index (χ0n) is 47.6. The van der Waals surface area contributed by atoms with E-state index in [0.717, 1.165) is 32.1 Å². The summed E-state index contributed by atoms with van der Waals surface area (Å²) in [7, 11) is 0. The highest BCUT2D eigenvalue weighted by Gasteiger charge is 2.51. The Morgan fingerprint density at radius 1 is 0.467 bits per heavy atom. The van der Waals surface area contributed by atoms with Crippen LogP contribution in [-0.4, -0.2) is 140 Å². The van der Waals surface area contributed by atoms with E-state index < -0.39 is 86.8 Å². The second-order valence-corrected chi connectivity index (χ2v) is 22.2. The minimum absolute atomic E-state index is 0.245. The van der Waals surface area contributed by atoms with Crippen molar-refractivity contribution in [1.82, 2.24) is 5.32 Å². The lowest BCUT2D eigenvalue weighted by atomic mass is 9.97. The lowest BCUT2D eigenvalue weighted by Gasteiger charge is -2.46. The van der Waals surface area contributed by atoms with Gasteiger partial charge in [-0.2, -0.15) is 0 Å². The molecule has 0 aromatic carbocycles. The van der Waals surface area contributed by atoms with Crippen LogP contribution in [0.5, 0.6) is 0 Å². The van der Waals surface area contributed by atoms with Crippen molar-refractivity contribution in [3.8, 4) is 0 Å². The van der Waals surface area contributed by atoms with E-state index in [0.29, 0.717) is 12.8 Å². The highest BCUT2D eigenvalue weighted by molar-refractivity contribution is 5.76. The molecular formula is C61H115NO13. The van der Waals surface area contributed by atoms with Gasteiger partial charge in [0.25, 0.3) is 0 Å².